The topological polar surface area (TPSA) is 20.2 Å². The summed E-state index contributed by atoms with van der Waals surface area (Å²) < 4.78 is 1.17. The Morgan fingerprint density at radius 1 is 0.917 bits per heavy atom. The van der Waals surface area contributed by atoms with Crippen LogP contribution in [-0.4, -0.2) is 5.11 Å². The van der Waals surface area contributed by atoms with Gasteiger partial charge in [-0.1, -0.05) is 24.3 Å². The Balaban J connectivity index is 2.95. The van der Waals surface area contributed by atoms with Crippen molar-refractivity contribution >= 4 is 33.4 Å². The highest BCUT2D eigenvalue weighted by atomic mass is 127. The second-order valence-corrected chi connectivity index (χ2v) is 3.77. The smallest absolute Gasteiger partial charge is 0.123 e. The molecular weight excluding hydrogens is 263 g/mol. The molecule has 2 aromatic carbocycles. The zero-order chi connectivity index (χ0) is 8.55. The van der Waals surface area contributed by atoms with Crippen LogP contribution < -0.4 is 0 Å². The normalized spacial score (nSPS) is 10.4. The van der Waals surface area contributed by atoms with Crippen LogP contribution in [0.15, 0.2) is 36.4 Å². The molecule has 0 bridgehead atoms. The van der Waals surface area contributed by atoms with E-state index in [4.69, 9.17) is 0 Å². The molecule has 0 aliphatic rings. The minimum absolute atomic E-state index is 0.353. The lowest BCUT2D eigenvalue weighted by molar-refractivity contribution is 0.481. The van der Waals surface area contributed by atoms with Crippen LogP contribution in [-0.2, 0) is 0 Å². The predicted molar refractivity (Wildman–Crippen MR) is 58.3 cm³/mol. The van der Waals surface area contributed by atoms with Crippen LogP contribution in [0.3, 0.4) is 0 Å². The summed E-state index contributed by atoms with van der Waals surface area (Å²) in [6.45, 7) is 0. The van der Waals surface area contributed by atoms with Crippen molar-refractivity contribution in [3.05, 3.63) is 40.0 Å². The van der Waals surface area contributed by atoms with Gasteiger partial charge < -0.3 is 5.11 Å². The molecule has 0 saturated carbocycles. The van der Waals surface area contributed by atoms with E-state index in [0.717, 1.165) is 10.8 Å². The fourth-order valence-electron chi connectivity index (χ4n) is 1.25. The average molecular weight is 270 g/mol. The molecule has 0 aliphatic carbocycles. The Hall–Kier alpha value is -0.770. The highest BCUT2D eigenvalue weighted by Gasteiger charge is 2.00. The highest BCUT2D eigenvalue weighted by Crippen LogP contribution is 2.27. The van der Waals surface area contributed by atoms with Gasteiger partial charge in [-0.05, 0) is 40.1 Å². The molecule has 0 amide bonds. The van der Waals surface area contributed by atoms with Gasteiger partial charge in [0.25, 0.3) is 0 Å². The van der Waals surface area contributed by atoms with Gasteiger partial charge in [0.15, 0.2) is 0 Å². The van der Waals surface area contributed by atoms with Crippen LogP contribution in [0.4, 0.5) is 0 Å². The fourth-order valence-corrected chi connectivity index (χ4v) is 1.90. The van der Waals surface area contributed by atoms with Crippen molar-refractivity contribution in [2.45, 2.75) is 0 Å². The number of hydrogen-bond donors (Lipinski definition) is 1. The van der Waals surface area contributed by atoms with Crippen molar-refractivity contribution < 1.29 is 5.11 Å². The third-order valence-corrected chi connectivity index (χ3v) is 2.79. The molecule has 1 nitrogen and oxygen atoms in total. The van der Waals surface area contributed by atoms with Crippen LogP contribution in [0, 0.1) is 3.57 Å². The molecule has 0 aromatic heterocycles. The molecule has 0 unspecified atom stereocenters. The van der Waals surface area contributed by atoms with Crippen LogP contribution in [0.25, 0.3) is 10.8 Å². The summed E-state index contributed by atoms with van der Waals surface area (Å²) in [4.78, 5) is 0. The molecule has 2 aromatic rings. The minimum Gasteiger partial charge on any atom is -0.507 e. The van der Waals surface area contributed by atoms with Crippen molar-refractivity contribution in [3.8, 4) is 5.75 Å². The van der Waals surface area contributed by atoms with E-state index in [1.807, 2.05) is 30.3 Å². The molecule has 0 saturated heterocycles. The zero-order valence-corrected chi connectivity index (χ0v) is 8.45. The molecule has 2 heteroatoms. The SMILES string of the molecule is Oc1ccc(I)c2ccccc12. The van der Waals surface area contributed by atoms with Gasteiger partial charge in [0.1, 0.15) is 5.75 Å². The third kappa shape index (κ3) is 1.16. The number of phenolic OH excluding ortho intramolecular Hbond substituents is 1. The Morgan fingerprint density at radius 2 is 1.58 bits per heavy atom. The summed E-state index contributed by atoms with van der Waals surface area (Å²) in [6.07, 6.45) is 0. The summed E-state index contributed by atoms with van der Waals surface area (Å²) >= 11 is 2.26. The van der Waals surface area contributed by atoms with E-state index in [2.05, 4.69) is 22.6 Å². The first-order valence-corrected chi connectivity index (χ1v) is 4.73. The molecule has 12 heavy (non-hydrogen) atoms. The molecule has 0 radical (unpaired) electrons. The van der Waals surface area contributed by atoms with E-state index in [0.29, 0.717) is 5.75 Å². The number of phenols is 1. The number of aromatic hydroxyl groups is 1. The lowest BCUT2D eigenvalue weighted by Crippen LogP contribution is -1.77. The van der Waals surface area contributed by atoms with E-state index >= 15 is 0 Å². The number of rotatable bonds is 0. The van der Waals surface area contributed by atoms with Gasteiger partial charge in [0.2, 0.25) is 0 Å². The Morgan fingerprint density at radius 3 is 2.25 bits per heavy atom. The summed E-state index contributed by atoms with van der Waals surface area (Å²) in [6, 6.07) is 11.5. The maximum absolute atomic E-state index is 9.49. The van der Waals surface area contributed by atoms with Gasteiger partial charge in [-0.2, -0.15) is 0 Å². The number of hydrogen-bond acceptors (Lipinski definition) is 1. The highest BCUT2D eigenvalue weighted by molar-refractivity contribution is 14.1. The molecule has 60 valence electrons. The monoisotopic (exact) mass is 270 g/mol. The molecule has 0 heterocycles. The quantitative estimate of drug-likeness (QED) is 0.729. The Bertz CT molecular complexity index is 383. The first-order valence-electron chi connectivity index (χ1n) is 3.65. The molecule has 2 rings (SSSR count). The Labute approximate surface area is 84.2 Å². The molecule has 1 N–H and O–H groups in total. The maximum atomic E-state index is 9.49. The van der Waals surface area contributed by atoms with Gasteiger partial charge in [0.05, 0.1) is 0 Å². The molecule has 0 spiro atoms. The van der Waals surface area contributed by atoms with Crippen molar-refractivity contribution in [2.75, 3.05) is 0 Å². The van der Waals surface area contributed by atoms with Crippen LogP contribution in [0.1, 0.15) is 0 Å². The van der Waals surface area contributed by atoms with Crippen LogP contribution in [0.2, 0.25) is 0 Å². The Kier molecular flexibility index (Phi) is 1.92. The second-order valence-electron chi connectivity index (χ2n) is 2.61. The molecule has 0 aliphatic heterocycles. The van der Waals surface area contributed by atoms with Crippen molar-refractivity contribution in [3.63, 3.8) is 0 Å². The molecule has 0 atom stereocenters. The fraction of sp³-hybridized carbons (Fsp3) is 0. The molecular formula is C10H7IO. The number of fused-ring (bicyclic) bond motifs is 1. The zero-order valence-electron chi connectivity index (χ0n) is 6.29. The summed E-state index contributed by atoms with van der Waals surface area (Å²) in [5, 5.41) is 11.5. The maximum Gasteiger partial charge on any atom is 0.123 e. The largest absolute Gasteiger partial charge is 0.507 e. The number of benzene rings is 2. The average Bonchev–Trinajstić information content (AvgIpc) is 2.12. The first-order chi connectivity index (χ1) is 5.79. The minimum atomic E-state index is 0.353. The van der Waals surface area contributed by atoms with Crippen LogP contribution >= 0.6 is 22.6 Å². The van der Waals surface area contributed by atoms with Gasteiger partial charge >= 0.3 is 0 Å². The van der Waals surface area contributed by atoms with E-state index in [9.17, 15) is 5.11 Å². The standard InChI is InChI=1S/C10H7IO/c11-9-5-6-10(12)8-4-2-1-3-7(8)9/h1-6,12H. The van der Waals surface area contributed by atoms with E-state index in [1.165, 1.54) is 3.57 Å². The van der Waals surface area contributed by atoms with Crippen molar-refractivity contribution in [1.82, 2.24) is 0 Å². The predicted octanol–water partition coefficient (Wildman–Crippen LogP) is 3.15. The van der Waals surface area contributed by atoms with Gasteiger partial charge in [-0.3, -0.25) is 0 Å². The molecule has 0 fully saturated rings. The third-order valence-electron chi connectivity index (χ3n) is 1.85. The van der Waals surface area contributed by atoms with Gasteiger partial charge in [0, 0.05) is 8.96 Å². The van der Waals surface area contributed by atoms with Gasteiger partial charge in [-0.15, -0.1) is 0 Å². The van der Waals surface area contributed by atoms with Gasteiger partial charge in [-0.25, -0.2) is 0 Å². The summed E-state index contributed by atoms with van der Waals surface area (Å²) in [5.74, 6) is 0.353. The lowest BCUT2D eigenvalue weighted by Gasteiger charge is -2.01. The van der Waals surface area contributed by atoms with E-state index < -0.39 is 0 Å². The van der Waals surface area contributed by atoms with Crippen molar-refractivity contribution in [2.24, 2.45) is 0 Å². The first kappa shape index (κ1) is 7.86. The lowest BCUT2D eigenvalue weighted by atomic mass is 10.1. The van der Waals surface area contributed by atoms with E-state index in [-0.39, 0.29) is 0 Å². The summed E-state index contributed by atoms with van der Waals surface area (Å²) in [7, 11) is 0. The summed E-state index contributed by atoms with van der Waals surface area (Å²) in [5.41, 5.74) is 0. The van der Waals surface area contributed by atoms with Crippen molar-refractivity contribution in [1.29, 1.82) is 0 Å². The number of halogens is 1. The second kappa shape index (κ2) is 2.94. The van der Waals surface area contributed by atoms with E-state index in [1.54, 1.807) is 6.07 Å². The van der Waals surface area contributed by atoms with Crippen LogP contribution in [0.5, 0.6) is 5.75 Å².